The third kappa shape index (κ3) is 4.92. The Hall–Kier alpha value is -2.35. The zero-order chi connectivity index (χ0) is 18.7. The fourth-order valence-corrected chi connectivity index (χ4v) is 3.21. The number of rotatable bonds is 4. The van der Waals surface area contributed by atoms with Crippen molar-refractivity contribution in [1.82, 2.24) is 4.90 Å². The number of hydrogen-bond donors (Lipinski definition) is 1. The molecule has 1 atom stereocenters. The van der Waals surface area contributed by atoms with Crippen molar-refractivity contribution in [2.75, 3.05) is 31.1 Å². The molecule has 1 aliphatic heterocycles. The highest BCUT2D eigenvalue weighted by Crippen LogP contribution is 2.24. The first-order valence-corrected chi connectivity index (χ1v) is 8.53. The van der Waals surface area contributed by atoms with Crippen molar-refractivity contribution in [2.45, 2.75) is 12.5 Å². The van der Waals surface area contributed by atoms with Crippen molar-refractivity contribution in [2.24, 2.45) is 5.73 Å². The number of carbonyl (C=O) groups is 1. The number of nitrogens with two attached hydrogens (primary N) is 1. The Morgan fingerprint density at radius 3 is 2.21 bits per heavy atom. The fourth-order valence-electron chi connectivity index (χ4n) is 3.21. The van der Waals surface area contributed by atoms with Crippen molar-refractivity contribution in [3.8, 4) is 0 Å². The van der Waals surface area contributed by atoms with E-state index in [1.165, 1.54) is 6.07 Å². The van der Waals surface area contributed by atoms with Gasteiger partial charge in [0.05, 0.1) is 4.92 Å². The van der Waals surface area contributed by atoms with Crippen molar-refractivity contribution in [3.05, 3.63) is 70.3 Å². The Morgan fingerprint density at radius 1 is 1.04 bits per heavy atom. The minimum absolute atomic E-state index is 0. The summed E-state index contributed by atoms with van der Waals surface area (Å²) in [7, 11) is 0. The van der Waals surface area contributed by atoms with Gasteiger partial charge in [-0.15, -0.1) is 24.8 Å². The first-order valence-electron chi connectivity index (χ1n) is 8.53. The van der Waals surface area contributed by atoms with E-state index in [0.717, 1.165) is 11.3 Å². The van der Waals surface area contributed by atoms with Gasteiger partial charge >= 0.3 is 0 Å². The SMILES string of the molecule is CC(N)(C(=O)N1CCN(c2cccc([N+](=O)[O-])c2)CC1)c1ccccc1.Cl.Cl. The maximum Gasteiger partial charge on any atom is 0.271 e. The van der Waals surface area contributed by atoms with Gasteiger partial charge in [0.1, 0.15) is 5.54 Å². The van der Waals surface area contributed by atoms with E-state index in [1.54, 1.807) is 24.0 Å². The Bertz CT molecular complexity index is 810. The molecule has 2 aromatic rings. The summed E-state index contributed by atoms with van der Waals surface area (Å²) in [5.41, 5.74) is 6.91. The molecule has 3 rings (SSSR count). The second-order valence-corrected chi connectivity index (χ2v) is 6.62. The number of nitro groups is 1. The van der Waals surface area contributed by atoms with Gasteiger partial charge in [0, 0.05) is 44.0 Å². The summed E-state index contributed by atoms with van der Waals surface area (Å²) in [5.74, 6) is -0.109. The van der Waals surface area contributed by atoms with Gasteiger partial charge in [0.2, 0.25) is 5.91 Å². The van der Waals surface area contributed by atoms with Crippen molar-refractivity contribution in [3.63, 3.8) is 0 Å². The van der Waals surface area contributed by atoms with Gasteiger partial charge in [0.25, 0.3) is 5.69 Å². The molecule has 28 heavy (non-hydrogen) atoms. The highest BCUT2D eigenvalue weighted by Gasteiger charge is 2.35. The number of piperazine rings is 1. The molecule has 152 valence electrons. The molecule has 1 aliphatic rings. The lowest BCUT2D eigenvalue weighted by Gasteiger charge is -2.39. The topological polar surface area (TPSA) is 92.7 Å². The Labute approximate surface area is 176 Å². The van der Waals surface area contributed by atoms with Crippen LogP contribution in [0.5, 0.6) is 0 Å². The van der Waals surface area contributed by atoms with Gasteiger partial charge in [0.15, 0.2) is 0 Å². The Morgan fingerprint density at radius 2 is 1.64 bits per heavy atom. The minimum atomic E-state index is -1.07. The molecular weight excluding hydrogens is 403 g/mol. The number of nitro benzene ring substituents is 1. The molecule has 2 N–H and O–H groups in total. The van der Waals surface area contributed by atoms with Crippen LogP contribution in [0.25, 0.3) is 0 Å². The number of nitrogens with zero attached hydrogens (tertiary/aromatic N) is 3. The van der Waals surface area contributed by atoms with Crippen LogP contribution < -0.4 is 10.6 Å². The van der Waals surface area contributed by atoms with E-state index in [-0.39, 0.29) is 36.4 Å². The average molecular weight is 427 g/mol. The van der Waals surface area contributed by atoms with Gasteiger partial charge in [-0.05, 0) is 18.6 Å². The van der Waals surface area contributed by atoms with E-state index in [0.29, 0.717) is 26.2 Å². The lowest BCUT2D eigenvalue weighted by Crippen LogP contribution is -2.56. The number of amides is 1. The number of non-ortho nitro benzene ring substituents is 1. The second kappa shape index (κ2) is 9.73. The summed E-state index contributed by atoms with van der Waals surface area (Å²) in [6, 6.07) is 15.9. The number of benzene rings is 2. The molecule has 0 radical (unpaired) electrons. The van der Waals surface area contributed by atoms with Crippen LogP contribution in [-0.2, 0) is 10.3 Å². The maximum absolute atomic E-state index is 12.9. The zero-order valence-electron chi connectivity index (χ0n) is 15.5. The summed E-state index contributed by atoms with van der Waals surface area (Å²) in [6.45, 7) is 4.01. The van der Waals surface area contributed by atoms with Crippen LogP contribution in [0.15, 0.2) is 54.6 Å². The van der Waals surface area contributed by atoms with E-state index in [2.05, 4.69) is 0 Å². The maximum atomic E-state index is 12.9. The summed E-state index contributed by atoms with van der Waals surface area (Å²) in [5, 5.41) is 10.9. The third-order valence-corrected chi connectivity index (χ3v) is 4.79. The number of halogens is 2. The lowest BCUT2D eigenvalue weighted by molar-refractivity contribution is -0.384. The molecule has 0 spiro atoms. The summed E-state index contributed by atoms with van der Waals surface area (Å²) >= 11 is 0. The van der Waals surface area contributed by atoms with Crippen molar-refractivity contribution in [1.29, 1.82) is 0 Å². The molecule has 0 saturated carbocycles. The van der Waals surface area contributed by atoms with E-state index in [1.807, 2.05) is 41.3 Å². The minimum Gasteiger partial charge on any atom is -0.368 e. The lowest BCUT2D eigenvalue weighted by atomic mass is 9.91. The van der Waals surface area contributed by atoms with Gasteiger partial charge in [-0.3, -0.25) is 14.9 Å². The smallest absolute Gasteiger partial charge is 0.271 e. The summed E-state index contributed by atoms with van der Waals surface area (Å²) < 4.78 is 0. The van der Waals surface area contributed by atoms with E-state index >= 15 is 0 Å². The first-order chi connectivity index (χ1) is 12.4. The highest BCUT2D eigenvalue weighted by atomic mass is 35.5. The standard InChI is InChI=1S/C19H22N4O3.2ClH/c1-19(20,15-6-3-2-4-7-15)18(24)22-12-10-21(11-13-22)16-8-5-9-17(14-16)23(25)26;;/h2-9,14H,10-13,20H2,1H3;2*1H. The van der Waals surface area contributed by atoms with Gasteiger partial charge < -0.3 is 15.5 Å². The van der Waals surface area contributed by atoms with Crippen LogP contribution in [-0.4, -0.2) is 41.9 Å². The summed E-state index contributed by atoms with van der Waals surface area (Å²) in [4.78, 5) is 27.3. The molecule has 0 aromatic heterocycles. The van der Waals surface area contributed by atoms with E-state index in [4.69, 9.17) is 5.73 Å². The van der Waals surface area contributed by atoms with E-state index in [9.17, 15) is 14.9 Å². The third-order valence-electron chi connectivity index (χ3n) is 4.79. The van der Waals surface area contributed by atoms with Crippen LogP contribution >= 0.6 is 24.8 Å². The highest BCUT2D eigenvalue weighted by molar-refractivity contribution is 5.87. The number of carbonyl (C=O) groups excluding carboxylic acids is 1. The monoisotopic (exact) mass is 426 g/mol. The van der Waals surface area contributed by atoms with Crippen molar-refractivity contribution >= 4 is 42.1 Å². The quantitative estimate of drug-likeness (QED) is 0.598. The van der Waals surface area contributed by atoms with Crippen molar-refractivity contribution < 1.29 is 9.72 Å². The number of hydrogen-bond acceptors (Lipinski definition) is 5. The predicted octanol–water partition coefficient (Wildman–Crippen LogP) is 2.96. The molecule has 1 fully saturated rings. The first kappa shape index (κ1) is 23.7. The summed E-state index contributed by atoms with van der Waals surface area (Å²) in [6.07, 6.45) is 0. The molecule has 7 nitrogen and oxygen atoms in total. The predicted molar refractivity (Wildman–Crippen MR) is 114 cm³/mol. The molecule has 9 heteroatoms. The van der Waals surface area contributed by atoms with Gasteiger partial charge in [-0.1, -0.05) is 36.4 Å². The molecule has 2 aromatic carbocycles. The molecule has 1 heterocycles. The van der Waals surface area contributed by atoms with E-state index < -0.39 is 10.5 Å². The van der Waals surface area contributed by atoms with Crippen LogP contribution in [0, 0.1) is 10.1 Å². The fraction of sp³-hybridized carbons (Fsp3) is 0.316. The molecule has 1 saturated heterocycles. The molecule has 0 bridgehead atoms. The Kier molecular flexibility index (Phi) is 8.23. The second-order valence-electron chi connectivity index (χ2n) is 6.62. The van der Waals surface area contributed by atoms with Crippen LogP contribution in [0.1, 0.15) is 12.5 Å². The molecule has 1 amide bonds. The van der Waals surface area contributed by atoms with Crippen LogP contribution in [0.2, 0.25) is 0 Å². The average Bonchev–Trinajstić information content (AvgIpc) is 2.68. The Balaban J connectivity index is 0.00000196. The van der Waals surface area contributed by atoms with Gasteiger partial charge in [-0.25, -0.2) is 0 Å². The molecule has 1 unspecified atom stereocenters. The van der Waals surface area contributed by atoms with Gasteiger partial charge in [-0.2, -0.15) is 0 Å². The van der Waals surface area contributed by atoms with Crippen LogP contribution in [0.3, 0.4) is 0 Å². The zero-order valence-corrected chi connectivity index (χ0v) is 17.1. The molecule has 0 aliphatic carbocycles. The molecular formula is C19H24Cl2N4O3. The number of anilines is 1. The largest absolute Gasteiger partial charge is 0.368 e. The van der Waals surface area contributed by atoms with Crippen LogP contribution in [0.4, 0.5) is 11.4 Å². The normalized spacial score (nSPS) is 15.6.